The van der Waals surface area contributed by atoms with Crippen molar-refractivity contribution in [3.8, 4) is 5.75 Å². The summed E-state index contributed by atoms with van der Waals surface area (Å²) in [7, 11) is 0. The van der Waals surface area contributed by atoms with E-state index >= 15 is 0 Å². The first kappa shape index (κ1) is 35.5. The molecule has 6 rings (SSSR count). The van der Waals surface area contributed by atoms with Gasteiger partial charge in [0.2, 0.25) is 23.6 Å². The average molecular weight is 697 g/mol. The molecule has 0 radical (unpaired) electrons. The molecule has 0 unspecified atom stereocenters. The lowest BCUT2D eigenvalue weighted by Gasteiger charge is -2.30. The Bertz CT molecular complexity index is 1720. The lowest BCUT2D eigenvalue weighted by atomic mass is 9.93. The van der Waals surface area contributed by atoms with Crippen LogP contribution in [0.25, 0.3) is 0 Å². The number of nitrogens with zero attached hydrogens (tertiary/aromatic N) is 3. The van der Waals surface area contributed by atoms with Crippen LogP contribution in [0.1, 0.15) is 42.4 Å². The van der Waals surface area contributed by atoms with Crippen LogP contribution in [0.5, 0.6) is 5.75 Å². The number of carbonyl (C=O) groups is 5. The Morgan fingerprint density at radius 3 is 2.45 bits per heavy atom. The number of rotatable bonds is 7. The highest BCUT2D eigenvalue weighted by molar-refractivity contribution is 5.93. The van der Waals surface area contributed by atoms with Crippen molar-refractivity contribution in [2.45, 2.75) is 62.8 Å². The number of fused-ring (bicyclic) bond motifs is 4. The molecule has 2 bridgehead atoms. The quantitative estimate of drug-likeness (QED) is 0.283. The Labute approximate surface area is 296 Å². The van der Waals surface area contributed by atoms with Gasteiger partial charge in [-0.2, -0.15) is 0 Å². The third-order valence-corrected chi connectivity index (χ3v) is 9.56. The van der Waals surface area contributed by atoms with Gasteiger partial charge in [-0.3, -0.25) is 29.0 Å². The molecule has 5 atom stereocenters. The minimum atomic E-state index is -1.31. The predicted octanol–water partition coefficient (Wildman–Crippen LogP) is 0.959. The number of likely N-dealkylation sites (tertiary alicyclic amines) is 1. The standard InChI is InChI=1S/C38H44N6O7/c1-24(45)36-38(50)44(19-26-12-13-26)22-33(46)40-31(15-25-7-3-2-4-8-25)37(49)41-32-21-43(35(48)16-27-9-6-14-39-18-27)20-30(32)28-10-5-11-29(17-28)51-23-34(47)42-36/h2-11,14,17-18,24,26,30-32,36,45H,12-13,15-16,19-23H2,1H3,(H,40,46)(H,41,49)(H,42,47)/t24-,30-,31+,32+,36+/m1/s1. The lowest BCUT2D eigenvalue weighted by molar-refractivity contribution is -0.143. The smallest absolute Gasteiger partial charge is 0.258 e. The summed E-state index contributed by atoms with van der Waals surface area (Å²) in [5.74, 6) is -2.05. The minimum Gasteiger partial charge on any atom is -0.484 e. The first-order chi connectivity index (χ1) is 24.6. The number of nitrogens with one attached hydrogen (secondary N) is 3. The van der Waals surface area contributed by atoms with Gasteiger partial charge in [0.1, 0.15) is 17.8 Å². The fourth-order valence-electron chi connectivity index (χ4n) is 6.67. The van der Waals surface area contributed by atoms with Crippen molar-refractivity contribution in [1.82, 2.24) is 30.7 Å². The van der Waals surface area contributed by atoms with Gasteiger partial charge in [-0.05, 0) is 60.6 Å². The number of aliphatic hydroxyl groups excluding tert-OH is 1. The highest BCUT2D eigenvalue weighted by Crippen LogP contribution is 2.31. The molecule has 13 heteroatoms. The molecule has 1 saturated carbocycles. The second-order valence-electron chi connectivity index (χ2n) is 13.7. The van der Waals surface area contributed by atoms with E-state index in [1.165, 1.54) is 11.8 Å². The summed E-state index contributed by atoms with van der Waals surface area (Å²) >= 11 is 0. The van der Waals surface area contributed by atoms with E-state index in [9.17, 15) is 29.1 Å². The Balaban J connectivity index is 1.32. The monoisotopic (exact) mass is 696 g/mol. The second kappa shape index (κ2) is 16.2. The molecular formula is C38H44N6O7. The molecule has 268 valence electrons. The molecule has 2 fully saturated rings. The topological polar surface area (TPSA) is 170 Å². The van der Waals surface area contributed by atoms with Gasteiger partial charge in [0.25, 0.3) is 5.91 Å². The van der Waals surface area contributed by atoms with Crippen molar-refractivity contribution in [1.29, 1.82) is 0 Å². The maximum atomic E-state index is 14.2. The fraction of sp³-hybridized carbons (Fsp3) is 0.421. The van der Waals surface area contributed by atoms with Crippen molar-refractivity contribution in [3.63, 3.8) is 0 Å². The van der Waals surface area contributed by atoms with Crippen LogP contribution < -0.4 is 20.7 Å². The van der Waals surface area contributed by atoms with E-state index in [-0.39, 0.29) is 50.2 Å². The number of aliphatic hydroxyl groups is 1. The molecule has 4 N–H and O–H groups in total. The number of hydrogen-bond acceptors (Lipinski definition) is 8. The van der Waals surface area contributed by atoms with E-state index in [4.69, 9.17) is 4.74 Å². The summed E-state index contributed by atoms with van der Waals surface area (Å²) in [4.78, 5) is 75.4. The fourth-order valence-corrected chi connectivity index (χ4v) is 6.67. The Morgan fingerprint density at radius 2 is 1.73 bits per heavy atom. The van der Waals surface area contributed by atoms with Gasteiger partial charge in [-0.25, -0.2) is 0 Å². The molecule has 3 heterocycles. The number of benzene rings is 2. The second-order valence-corrected chi connectivity index (χ2v) is 13.7. The molecule has 3 aliphatic rings. The van der Waals surface area contributed by atoms with E-state index in [0.717, 1.165) is 29.5 Å². The van der Waals surface area contributed by atoms with E-state index in [1.807, 2.05) is 42.5 Å². The Morgan fingerprint density at radius 1 is 0.941 bits per heavy atom. The SMILES string of the molecule is C[C@@H](O)[C@@H]1NC(=O)COc2cccc(c2)[C@H]2CN(C(=O)Cc3cccnc3)C[C@@H]2NC(=O)[C@H](Cc2ccccc2)NC(=O)CN(CC2CC2)C1=O. The zero-order valence-corrected chi connectivity index (χ0v) is 28.6. The van der Waals surface area contributed by atoms with Crippen molar-refractivity contribution in [2.24, 2.45) is 5.92 Å². The van der Waals surface area contributed by atoms with Crippen LogP contribution in [0.3, 0.4) is 0 Å². The average Bonchev–Trinajstić information content (AvgIpc) is 3.85. The van der Waals surface area contributed by atoms with E-state index < -0.39 is 54.5 Å². The third-order valence-electron chi connectivity index (χ3n) is 9.56. The first-order valence-corrected chi connectivity index (χ1v) is 17.4. The summed E-state index contributed by atoms with van der Waals surface area (Å²) in [6.07, 6.45) is 4.17. The molecular weight excluding hydrogens is 652 g/mol. The highest BCUT2D eigenvalue weighted by atomic mass is 16.5. The number of carbonyl (C=O) groups excluding carboxylic acids is 5. The molecule has 3 aromatic rings. The van der Waals surface area contributed by atoms with Crippen LogP contribution >= 0.6 is 0 Å². The zero-order valence-electron chi connectivity index (χ0n) is 28.6. The van der Waals surface area contributed by atoms with Crippen LogP contribution in [0.15, 0.2) is 79.1 Å². The number of hydrogen-bond donors (Lipinski definition) is 4. The summed E-state index contributed by atoms with van der Waals surface area (Å²) in [6.45, 7) is 1.44. The van der Waals surface area contributed by atoms with Gasteiger partial charge < -0.3 is 35.6 Å². The first-order valence-electron chi connectivity index (χ1n) is 17.4. The van der Waals surface area contributed by atoms with E-state index in [0.29, 0.717) is 12.3 Å². The van der Waals surface area contributed by atoms with E-state index in [2.05, 4.69) is 20.9 Å². The number of ether oxygens (including phenoxy) is 1. The largest absolute Gasteiger partial charge is 0.484 e. The van der Waals surface area contributed by atoms with Crippen molar-refractivity contribution in [3.05, 3.63) is 95.8 Å². The van der Waals surface area contributed by atoms with Gasteiger partial charge in [0.05, 0.1) is 25.1 Å². The van der Waals surface area contributed by atoms with Crippen LogP contribution in [-0.2, 0) is 36.8 Å². The predicted molar refractivity (Wildman–Crippen MR) is 186 cm³/mol. The molecule has 13 nitrogen and oxygen atoms in total. The van der Waals surface area contributed by atoms with Crippen LogP contribution in [0.4, 0.5) is 0 Å². The number of amides is 5. The lowest BCUT2D eigenvalue weighted by Crippen LogP contribution is -2.58. The highest BCUT2D eigenvalue weighted by Gasteiger charge is 2.39. The minimum absolute atomic E-state index is 0.116. The summed E-state index contributed by atoms with van der Waals surface area (Å²) in [6, 6.07) is 17.2. The van der Waals surface area contributed by atoms with E-state index in [1.54, 1.807) is 41.6 Å². The maximum Gasteiger partial charge on any atom is 0.258 e. The molecule has 1 aromatic heterocycles. The molecule has 0 spiro atoms. The van der Waals surface area contributed by atoms with Crippen molar-refractivity contribution >= 4 is 29.5 Å². The molecule has 2 aliphatic heterocycles. The maximum absolute atomic E-state index is 14.2. The van der Waals surface area contributed by atoms with Crippen molar-refractivity contribution in [2.75, 3.05) is 32.8 Å². The molecule has 1 saturated heterocycles. The molecule has 51 heavy (non-hydrogen) atoms. The molecule has 5 amide bonds. The van der Waals surface area contributed by atoms with Crippen molar-refractivity contribution < 1.29 is 33.8 Å². The van der Waals surface area contributed by atoms with Gasteiger partial charge >= 0.3 is 0 Å². The third kappa shape index (κ3) is 9.48. The Hall–Kier alpha value is -5.30. The zero-order chi connectivity index (χ0) is 35.9. The number of aromatic nitrogens is 1. The van der Waals surface area contributed by atoms with Gasteiger partial charge in [0, 0.05) is 44.4 Å². The summed E-state index contributed by atoms with van der Waals surface area (Å²) < 4.78 is 5.83. The van der Waals surface area contributed by atoms with Gasteiger partial charge in [-0.15, -0.1) is 0 Å². The van der Waals surface area contributed by atoms with Crippen LogP contribution in [-0.4, -0.2) is 106 Å². The summed E-state index contributed by atoms with van der Waals surface area (Å²) in [5.41, 5.74) is 2.38. The molecule has 2 aromatic carbocycles. The normalized spacial score (nSPS) is 23.9. The summed E-state index contributed by atoms with van der Waals surface area (Å²) in [5, 5.41) is 19.2. The van der Waals surface area contributed by atoms with Gasteiger partial charge in [0.15, 0.2) is 6.61 Å². The number of pyridine rings is 1. The van der Waals surface area contributed by atoms with Crippen LogP contribution in [0.2, 0.25) is 0 Å². The molecule has 1 aliphatic carbocycles. The Kier molecular flexibility index (Phi) is 11.2. The van der Waals surface area contributed by atoms with Gasteiger partial charge in [-0.1, -0.05) is 48.5 Å². The van der Waals surface area contributed by atoms with Crippen LogP contribution in [0, 0.1) is 5.92 Å².